The quantitative estimate of drug-likeness (QED) is 0.487. The van der Waals surface area contributed by atoms with Crippen molar-refractivity contribution in [1.82, 2.24) is 19.9 Å². The van der Waals surface area contributed by atoms with E-state index in [0.717, 1.165) is 53.8 Å². The van der Waals surface area contributed by atoms with Crippen molar-refractivity contribution in [3.63, 3.8) is 0 Å². The molecule has 3 aromatic rings. The molecular formula is C25H28N4O3. The SMILES string of the molecule is CC(C)n1c(CN2CC[C@@]3(CCc4cc(C(=O)NO)ccc4C3)C2=O)nc2ccccc21. The van der Waals surface area contributed by atoms with E-state index in [-0.39, 0.29) is 17.4 Å². The summed E-state index contributed by atoms with van der Waals surface area (Å²) in [6.07, 6.45) is 3.07. The molecule has 1 atom stereocenters. The van der Waals surface area contributed by atoms with Gasteiger partial charge in [-0.3, -0.25) is 14.8 Å². The van der Waals surface area contributed by atoms with Gasteiger partial charge < -0.3 is 9.47 Å². The monoisotopic (exact) mass is 432 g/mol. The number of carbonyl (C=O) groups excluding carboxylic acids is 2. The lowest BCUT2D eigenvalue weighted by molar-refractivity contribution is -0.137. The topological polar surface area (TPSA) is 87.5 Å². The number of fused-ring (bicyclic) bond motifs is 2. The van der Waals surface area contributed by atoms with Gasteiger partial charge in [-0.15, -0.1) is 0 Å². The van der Waals surface area contributed by atoms with Crippen molar-refractivity contribution >= 4 is 22.8 Å². The summed E-state index contributed by atoms with van der Waals surface area (Å²) in [6.45, 7) is 5.55. The first-order valence-electron chi connectivity index (χ1n) is 11.2. The molecule has 2 aromatic carbocycles. The minimum atomic E-state index is -0.510. The molecule has 166 valence electrons. The summed E-state index contributed by atoms with van der Waals surface area (Å²) in [5.74, 6) is 0.634. The summed E-state index contributed by atoms with van der Waals surface area (Å²) in [4.78, 5) is 32.2. The van der Waals surface area contributed by atoms with Gasteiger partial charge in [0, 0.05) is 18.2 Å². The van der Waals surface area contributed by atoms with E-state index in [1.54, 1.807) is 11.5 Å². The fraction of sp³-hybridized carbons (Fsp3) is 0.400. The van der Waals surface area contributed by atoms with Crippen molar-refractivity contribution in [2.45, 2.75) is 52.1 Å². The maximum absolute atomic E-state index is 13.6. The summed E-state index contributed by atoms with van der Waals surface area (Å²) in [7, 11) is 0. The normalized spacial score (nSPS) is 20.4. The molecule has 1 aliphatic heterocycles. The van der Waals surface area contributed by atoms with E-state index in [4.69, 9.17) is 10.2 Å². The maximum Gasteiger partial charge on any atom is 0.274 e. The van der Waals surface area contributed by atoms with Crippen LogP contribution in [0.5, 0.6) is 0 Å². The Hall–Kier alpha value is -3.19. The molecule has 0 saturated carbocycles. The van der Waals surface area contributed by atoms with Crippen molar-refractivity contribution < 1.29 is 14.8 Å². The Bertz CT molecular complexity index is 1220. The van der Waals surface area contributed by atoms with Gasteiger partial charge in [-0.25, -0.2) is 10.5 Å². The van der Waals surface area contributed by atoms with Gasteiger partial charge in [-0.2, -0.15) is 0 Å². The number of rotatable bonds is 4. The molecule has 1 fully saturated rings. The lowest BCUT2D eigenvalue weighted by atomic mass is 9.70. The van der Waals surface area contributed by atoms with Crippen LogP contribution in [0.3, 0.4) is 0 Å². The van der Waals surface area contributed by atoms with Crippen molar-refractivity contribution in [2.24, 2.45) is 5.41 Å². The molecule has 2 amide bonds. The molecule has 1 aliphatic carbocycles. The number of amides is 2. The summed E-state index contributed by atoms with van der Waals surface area (Å²) >= 11 is 0. The molecular weight excluding hydrogens is 404 g/mol. The van der Waals surface area contributed by atoms with Crippen LogP contribution in [0.25, 0.3) is 11.0 Å². The largest absolute Gasteiger partial charge is 0.335 e. The summed E-state index contributed by atoms with van der Waals surface area (Å²) in [5, 5.41) is 8.89. The Morgan fingerprint density at radius 1 is 1.19 bits per heavy atom. The average molecular weight is 433 g/mol. The average Bonchev–Trinajstić information content (AvgIpc) is 3.31. The number of para-hydroxylation sites is 2. The number of imidazole rings is 1. The number of hydroxylamine groups is 1. The summed E-state index contributed by atoms with van der Waals surface area (Å²) in [5.41, 5.74) is 6.03. The summed E-state index contributed by atoms with van der Waals surface area (Å²) in [6, 6.07) is 13.9. The Kier molecular flexibility index (Phi) is 5.01. The Labute approximate surface area is 187 Å². The standard InChI is InChI=1S/C25H28N4O3/c1-16(2)29-21-6-4-3-5-20(21)26-22(29)15-28-12-11-25(24(28)31)10-9-17-13-18(23(30)27-32)7-8-19(17)14-25/h3-8,13,16,32H,9-12,14-15H2,1-2H3,(H,27,30)/t25-/m1/s1. The number of aromatic nitrogens is 2. The van der Waals surface area contributed by atoms with Crippen molar-refractivity contribution in [3.8, 4) is 0 Å². The molecule has 1 spiro atoms. The molecule has 7 nitrogen and oxygen atoms in total. The predicted octanol–water partition coefficient (Wildman–Crippen LogP) is 3.64. The lowest BCUT2D eigenvalue weighted by Crippen LogP contribution is -2.39. The minimum Gasteiger partial charge on any atom is -0.335 e. The fourth-order valence-electron chi connectivity index (χ4n) is 5.46. The Balaban J connectivity index is 1.39. The minimum absolute atomic E-state index is 0.211. The van der Waals surface area contributed by atoms with E-state index >= 15 is 0 Å². The Morgan fingerprint density at radius 2 is 2.00 bits per heavy atom. The Morgan fingerprint density at radius 3 is 2.78 bits per heavy atom. The van der Waals surface area contributed by atoms with Gasteiger partial charge >= 0.3 is 0 Å². The van der Waals surface area contributed by atoms with E-state index in [9.17, 15) is 9.59 Å². The maximum atomic E-state index is 13.6. The van der Waals surface area contributed by atoms with Crippen LogP contribution in [0.1, 0.15) is 60.0 Å². The first kappa shape index (κ1) is 20.7. The lowest BCUT2D eigenvalue weighted by Gasteiger charge is -2.33. The first-order valence-corrected chi connectivity index (χ1v) is 11.2. The van der Waals surface area contributed by atoms with Crippen molar-refractivity contribution in [2.75, 3.05) is 6.54 Å². The van der Waals surface area contributed by atoms with Crippen LogP contribution in [0.4, 0.5) is 0 Å². The predicted molar refractivity (Wildman–Crippen MR) is 120 cm³/mol. The van der Waals surface area contributed by atoms with Gasteiger partial charge in [0.15, 0.2) is 0 Å². The van der Waals surface area contributed by atoms with Crippen LogP contribution in [0.2, 0.25) is 0 Å². The molecule has 0 unspecified atom stereocenters. The molecule has 2 heterocycles. The zero-order valence-electron chi connectivity index (χ0n) is 18.5. The van der Waals surface area contributed by atoms with E-state index in [0.29, 0.717) is 18.5 Å². The highest BCUT2D eigenvalue weighted by molar-refractivity contribution is 5.93. The van der Waals surface area contributed by atoms with Gasteiger partial charge in [-0.1, -0.05) is 18.2 Å². The van der Waals surface area contributed by atoms with Crippen LogP contribution in [0, 0.1) is 5.41 Å². The van der Waals surface area contributed by atoms with Gasteiger partial charge in [-0.05, 0) is 74.9 Å². The highest BCUT2D eigenvalue weighted by Crippen LogP contribution is 2.44. The molecule has 1 aromatic heterocycles. The van der Waals surface area contributed by atoms with E-state index in [1.807, 2.05) is 35.2 Å². The number of nitrogens with zero attached hydrogens (tertiary/aromatic N) is 3. The van der Waals surface area contributed by atoms with E-state index in [1.165, 1.54) is 0 Å². The zero-order chi connectivity index (χ0) is 22.5. The highest BCUT2D eigenvalue weighted by atomic mass is 16.5. The van der Waals surface area contributed by atoms with Crippen LogP contribution in [0.15, 0.2) is 42.5 Å². The van der Waals surface area contributed by atoms with Gasteiger partial charge in [0.25, 0.3) is 5.91 Å². The van der Waals surface area contributed by atoms with Crippen LogP contribution < -0.4 is 5.48 Å². The summed E-state index contributed by atoms with van der Waals surface area (Å²) < 4.78 is 2.23. The number of hydrogen-bond donors (Lipinski definition) is 2. The first-order chi connectivity index (χ1) is 15.4. The van der Waals surface area contributed by atoms with Gasteiger partial charge in [0.2, 0.25) is 5.91 Å². The molecule has 2 N–H and O–H groups in total. The molecule has 0 radical (unpaired) electrons. The zero-order valence-corrected chi connectivity index (χ0v) is 18.5. The van der Waals surface area contributed by atoms with E-state index < -0.39 is 5.91 Å². The number of benzene rings is 2. The number of aryl methyl sites for hydroxylation is 1. The highest BCUT2D eigenvalue weighted by Gasteiger charge is 2.48. The van der Waals surface area contributed by atoms with Gasteiger partial charge in [0.1, 0.15) is 5.82 Å². The number of likely N-dealkylation sites (tertiary alicyclic amines) is 1. The fourth-order valence-corrected chi connectivity index (χ4v) is 5.46. The molecule has 5 rings (SSSR count). The van der Waals surface area contributed by atoms with Crippen LogP contribution >= 0.6 is 0 Å². The third kappa shape index (κ3) is 3.28. The third-order valence-corrected chi connectivity index (χ3v) is 7.09. The number of hydrogen-bond acceptors (Lipinski definition) is 4. The van der Waals surface area contributed by atoms with Crippen LogP contribution in [-0.2, 0) is 24.2 Å². The van der Waals surface area contributed by atoms with E-state index in [2.05, 4.69) is 24.5 Å². The van der Waals surface area contributed by atoms with Crippen molar-refractivity contribution in [1.29, 1.82) is 0 Å². The van der Waals surface area contributed by atoms with Crippen LogP contribution in [-0.4, -0.2) is 38.0 Å². The molecule has 1 saturated heterocycles. The third-order valence-electron chi connectivity index (χ3n) is 7.09. The second kappa shape index (κ2) is 7.74. The molecule has 2 aliphatic rings. The van der Waals surface area contributed by atoms with Crippen molar-refractivity contribution in [3.05, 3.63) is 65.0 Å². The smallest absolute Gasteiger partial charge is 0.274 e. The second-order valence-corrected chi connectivity index (χ2v) is 9.34. The molecule has 32 heavy (non-hydrogen) atoms. The second-order valence-electron chi connectivity index (χ2n) is 9.34. The molecule has 7 heteroatoms. The van der Waals surface area contributed by atoms with Gasteiger partial charge in [0.05, 0.1) is 23.0 Å². The molecule has 0 bridgehead atoms. The number of carbonyl (C=O) groups is 2. The number of nitrogens with one attached hydrogen (secondary N) is 1.